The first-order valence-electron chi connectivity index (χ1n) is 15.4. The van der Waals surface area contributed by atoms with E-state index in [9.17, 15) is 4.39 Å². The molecule has 0 spiro atoms. The normalized spacial score (nSPS) is 45.7. The highest BCUT2D eigenvalue weighted by Crippen LogP contribution is 2.66. The van der Waals surface area contributed by atoms with Gasteiger partial charge in [0.25, 0.3) is 0 Å². The summed E-state index contributed by atoms with van der Waals surface area (Å²) in [7, 11) is 0. The molecular weight excluding hydrogens is 415 g/mol. The van der Waals surface area contributed by atoms with Crippen LogP contribution in [-0.2, 0) is 0 Å². The van der Waals surface area contributed by atoms with Crippen LogP contribution in [0.4, 0.5) is 4.39 Å². The molecular formula is C33H57F. The van der Waals surface area contributed by atoms with Gasteiger partial charge in [-0.15, -0.1) is 0 Å². The number of hydrogen-bond donors (Lipinski definition) is 0. The summed E-state index contributed by atoms with van der Waals surface area (Å²) in [6.07, 6.45) is 16.8. The summed E-state index contributed by atoms with van der Waals surface area (Å²) in [6, 6.07) is 0. The lowest BCUT2D eigenvalue weighted by Gasteiger charge is -2.40. The van der Waals surface area contributed by atoms with E-state index in [1.165, 1.54) is 57.8 Å². The molecule has 0 aliphatic heterocycles. The largest absolute Gasteiger partial charge is 0.244 e. The molecule has 0 aromatic heterocycles. The van der Waals surface area contributed by atoms with Crippen molar-refractivity contribution in [1.82, 2.24) is 0 Å². The van der Waals surface area contributed by atoms with Crippen molar-refractivity contribution in [1.29, 1.82) is 0 Å². The molecule has 9 unspecified atom stereocenters. The van der Waals surface area contributed by atoms with E-state index in [2.05, 4.69) is 54.5 Å². The average Bonchev–Trinajstić information content (AvgIpc) is 3.14. The molecule has 0 heterocycles. The van der Waals surface area contributed by atoms with E-state index in [-0.39, 0.29) is 0 Å². The molecule has 0 amide bonds. The lowest BCUT2D eigenvalue weighted by Crippen LogP contribution is -2.37. The molecule has 0 radical (unpaired) electrons. The quantitative estimate of drug-likeness (QED) is 0.277. The van der Waals surface area contributed by atoms with Crippen LogP contribution in [0.25, 0.3) is 0 Å². The molecule has 1 heteroatoms. The van der Waals surface area contributed by atoms with Crippen LogP contribution in [0.15, 0.2) is 11.6 Å². The Balaban J connectivity index is 1.51. The molecule has 4 rings (SSSR count). The smallest absolute Gasteiger partial charge is 0.108 e. The van der Waals surface area contributed by atoms with Crippen LogP contribution in [0.1, 0.15) is 126 Å². The van der Waals surface area contributed by atoms with E-state index < -0.39 is 5.67 Å². The monoisotopic (exact) mass is 472 g/mol. The topological polar surface area (TPSA) is 0 Å². The van der Waals surface area contributed by atoms with Crippen LogP contribution in [0, 0.1) is 64.6 Å². The molecule has 0 nitrogen and oxygen atoms in total. The molecule has 4 aliphatic rings. The second-order valence-electron chi connectivity index (χ2n) is 14.7. The highest BCUT2D eigenvalue weighted by molar-refractivity contribution is 5.16. The second kappa shape index (κ2) is 10.2. The predicted octanol–water partition coefficient (Wildman–Crippen LogP) is 10.3. The summed E-state index contributed by atoms with van der Waals surface area (Å²) < 4.78 is 14.1. The van der Waals surface area contributed by atoms with E-state index in [0.717, 1.165) is 60.2 Å². The van der Waals surface area contributed by atoms with Gasteiger partial charge in [0.05, 0.1) is 0 Å². The summed E-state index contributed by atoms with van der Waals surface area (Å²) in [5, 5.41) is 0. The molecule has 0 aromatic carbocycles. The number of hydrogen-bond acceptors (Lipinski definition) is 0. The lowest BCUT2D eigenvalue weighted by atomic mass is 9.68. The Kier molecular flexibility index (Phi) is 8.02. The van der Waals surface area contributed by atoms with Gasteiger partial charge >= 0.3 is 0 Å². The lowest BCUT2D eigenvalue weighted by molar-refractivity contribution is 0.0145. The third kappa shape index (κ3) is 5.34. The standard InChI is InChI=1S/C33H57F/c1-9-25-14-15-28(22(25)4)27(17-21(3)16-24-19-33(8,34)20-24)18-26(10-2)29-12-11-13-30(29)31-23(5)32(31,6)7/h18,21-26,28-31H,9-17,19-20H2,1-8H3/b27-18+. The Bertz CT molecular complexity index is 708. The maximum atomic E-state index is 14.1. The third-order valence-corrected chi connectivity index (χ3v) is 12.0. The summed E-state index contributed by atoms with van der Waals surface area (Å²) in [5.41, 5.74) is 1.50. The zero-order valence-corrected chi connectivity index (χ0v) is 24.0. The molecule has 4 aliphatic carbocycles. The SMILES string of the molecule is CCC(/C=C(\CC(C)CC1CC(C)(F)C1)C1CCC(CC)C1C)C1CCCC1C1C(C)C1(C)C. The zero-order valence-electron chi connectivity index (χ0n) is 24.0. The number of halogens is 1. The fourth-order valence-corrected chi connectivity index (χ4v) is 9.73. The molecule has 0 N–H and O–H groups in total. The number of alkyl halides is 1. The molecule has 0 bridgehead atoms. The fourth-order valence-electron chi connectivity index (χ4n) is 9.73. The van der Waals surface area contributed by atoms with Gasteiger partial charge in [-0.1, -0.05) is 73.0 Å². The van der Waals surface area contributed by atoms with Gasteiger partial charge in [0.2, 0.25) is 0 Å². The third-order valence-electron chi connectivity index (χ3n) is 12.0. The van der Waals surface area contributed by atoms with E-state index in [1.54, 1.807) is 6.92 Å². The van der Waals surface area contributed by atoms with Crippen molar-refractivity contribution in [3.05, 3.63) is 11.6 Å². The molecule has 4 saturated carbocycles. The van der Waals surface area contributed by atoms with Gasteiger partial charge in [-0.2, -0.15) is 0 Å². The Morgan fingerprint density at radius 1 is 1.03 bits per heavy atom. The average molecular weight is 473 g/mol. The molecule has 34 heavy (non-hydrogen) atoms. The van der Waals surface area contributed by atoms with E-state index in [0.29, 0.717) is 17.3 Å². The Morgan fingerprint density at radius 2 is 1.71 bits per heavy atom. The maximum absolute atomic E-state index is 14.1. The summed E-state index contributed by atoms with van der Waals surface area (Å²) in [5.74, 6) is 8.34. The van der Waals surface area contributed by atoms with Crippen molar-refractivity contribution in [2.45, 2.75) is 132 Å². The van der Waals surface area contributed by atoms with E-state index in [4.69, 9.17) is 0 Å². The molecule has 4 fully saturated rings. The van der Waals surface area contributed by atoms with Crippen molar-refractivity contribution in [2.24, 2.45) is 64.6 Å². The number of allylic oxidation sites excluding steroid dienone is 2. The van der Waals surface area contributed by atoms with Gasteiger partial charge < -0.3 is 0 Å². The Labute approximate surface area is 212 Å². The summed E-state index contributed by atoms with van der Waals surface area (Å²) in [4.78, 5) is 0. The summed E-state index contributed by atoms with van der Waals surface area (Å²) >= 11 is 0. The molecule has 9 atom stereocenters. The van der Waals surface area contributed by atoms with E-state index >= 15 is 0 Å². The maximum Gasteiger partial charge on any atom is 0.108 e. The first-order valence-corrected chi connectivity index (χ1v) is 15.4. The minimum atomic E-state index is -0.879. The second-order valence-corrected chi connectivity index (χ2v) is 14.7. The first kappa shape index (κ1) is 26.7. The zero-order chi connectivity index (χ0) is 24.8. The van der Waals surface area contributed by atoms with Crippen LogP contribution >= 0.6 is 0 Å². The first-order chi connectivity index (χ1) is 16.0. The van der Waals surface area contributed by atoms with Gasteiger partial charge in [-0.25, -0.2) is 4.39 Å². The van der Waals surface area contributed by atoms with Crippen LogP contribution in [0.3, 0.4) is 0 Å². The van der Waals surface area contributed by atoms with Crippen LogP contribution in [0.5, 0.6) is 0 Å². The fraction of sp³-hybridized carbons (Fsp3) is 0.939. The van der Waals surface area contributed by atoms with Crippen molar-refractivity contribution in [3.8, 4) is 0 Å². The van der Waals surface area contributed by atoms with Crippen molar-refractivity contribution >= 4 is 0 Å². The minimum absolute atomic E-state index is 0.564. The van der Waals surface area contributed by atoms with Crippen molar-refractivity contribution in [2.75, 3.05) is 0 Å². The van der Waals surface area contributed by atoms with Crippen LogP contribution < -0.4 is 0 Å². The van der Waals surface area contributed by atoms with Crippen molar-refractivity contribution in [3.63, 3.8) is 0 Å². The Morgan fingerprint density at radius 3 is 2.24 bits per heavy atom. The van der Waals surface area contributed by atoms with Crippen molar-refractivity contribution < 1.29 is 4.39 Å². The molecule has 0 aromatic rings. The van der Waals surface area contributed by atoms with Crippen LogP contribution in [-0.4, -0.2) is 5.67 Å². The van der Waals surface area contributed by atoms with Gasteiger partial charge in [-0.3, -0.25) is 0 Å². The van der Waals surface area contributed by atoms with Gasteiger partial charge in [0.1, 0.15) is 5.67 Å². The van der Waals surface area contributed by atoms with Gasteiger partial charge in [0, 0.05) is 0 Å². The predicted molar refractivity (Wildman–Crippen MR) is 145 cm³/mol. The number of rotatable bonds is 10. The molecule has 196 valence electrons. The molecule has 0 saturated heterocycles. The van der Waals surface area contributed by atoms with Gasteiger partial charge in [-0.05, 0) is 129 Å². The van der Waals surface area contributed by atoms with E-state index in [1.807, 2.05) is 5.57 Å². The minimum Gasteiger partial charge on any atom is -0.244 e. The Hall–Kier alpha value is -0.330. The van der Waals surface area contributed by atoms with Crippen LogP contribution in [0.2, 0.25) is 0 Å². The summed E-state index contributed by atoms with van der Waals surface area (Å²) in [6.45, 7) is 19.2. The highest BCUT2D eigenvalue weighted by atomic mass is 19.1. The van der Waals surface area contributed by atoms with Gasteiger partial charge in [0.15, 0.2) is 0 Å². The highest BCUT2D eigenvalue weighted by Gasteiger charge is 2.60.